The minimum atomic E-state index is -0.0621. The topological polar surface area (TPSA) is 61.5 Å². The molecule has 21 heavy (non-hydrogen) atoms. The van der Waals surface area contributed by atoms with Crippen molar-refractivity contribution in [2.75, 3.05) is 0 Å². The highest BCUT2D eigenvalue weighted by Crippen LogP contribution is 2.32. The number of hydrogen-bond donors (Lipinski definition) is 2. The van der Waals surface area contributed by atoms with Crippen LogP contribution in [0.25, 0.3) is 21.9 Å². The quantitative estimate of drug-likeness (QED) is 0.693. The summed E-state index contributed by atoms with van der Waals surface area (Å²) in [5.74, 6) is 1.26. The van der Waals surface area contributed by atoms with Crippen molar-refractivity contribution < 1.29 is 0 Å². The van der Waals surface area contributed by atoms with Crippen LogP contribution in [0.4, 0.5) is 0 Å². The zero-order valence-corrected chi connectivity index (χ0v) is 13.2. The second kappa shape index (κ2) is 4.98. The van der Waals surface area contributed by atoms with E-state index in [1.54, 1.807) is 0 Å². The van der Waals surface area contributed by atoms with Gasteiger partial charge in [0.15, 0.2) is 0 Å². The highest BCUT2D eigenvalue weighted by molar-refractivity contribution is 9.10. The molecule has 2 heterocycles. The van der Waals surface area contributed by atoms with Crippen LogP contribution >= 0.6 is 15.9 Å². The number of rotatable bonds is 1. The van der Waals surface area contributed by atoms with Crippen molar-refractivity contribution in [3.63, 3.8) is 0 Å². The largest absolute Gasteiger partial charge is 0.349 e. The van der Waals surface area contributed by atoms with Gasteiger partial charge >= 0.3 is 0 Å². The first kappa shape index (κ1) is 13.1. The fourth-order valence-electron chi connectivity index (χ4n) is 3.33. The van der Waals surface area contributed by atoms with Gasteiger partial charge in [0.25, 0.3) is 5.56 Å². The number of nitrogens with one attached hydrogen (secondary N) is 2. The summed E-state index contributed by atoms with van der Waals surface area (Å²) in [5.41, 5.74) is 2.25. The van der Waals surface area contributed by atoms with E-state index in [9.17, 15) is 4.79 Å². The van der Waals surface area contributed by atoms with E-state index in [2.05, 4.69) is 25.9 Å². The molecule has 5 heteroatoms. The zero-order valence-electron chi connectivity index (χ0n) is 11.6. The Kier molecular flexibility index (Phi) is 3.10. The van der Waals surface area contributed by atoms with Gasteiger partial charge in [0.1, 0.15) is 16.9 Å². The molecule has 0 atom stereocenters. The molecule has 3 aromatic rings. The van der Waals surface area contributed by atoms with E-state index < -0.39 is 0 Å². The van der Waals surface area contributed by atoms with Crippen LogP contribution in [0.1, 0.15) is 43.8 Å². The Labute approximate surface area is 130 Å². The van der Waals surface area contributed by atoms with Gasteiger partial charge in [-0.1, -0.05) is 35.2 Å². The third-order valence-corrected chi connectivity index (χ3v) is 4.92. The Hall–Kier alpha value is -1.62. The summed E-state index contributed by atoms with van der Waals surface area (Å²) in [5, 5.41) is 1.01. The number of fused-ring (bicyclic) bond motifs is 3. The first-order valence-corrected chi connectivity index (χ1v) is 8.23. The maximum Gasteiger partial charge on any atom is 0.275 e. The molecule has 1 aliphatic carbocycles. The monoisotopic (exact) mass is 345 g/mol. The smallest absolute Gasteiger partial charge is 0.275 e. The standard InChI is InChI=1S/C16H16BrN3O/c17-10-6-7-11-12(8-10)18-14-13(11)19-15(20-16(14)21)9-4-2-1-3-5-9/h6-9,18H,1-5H2,(H,19,20,21). The Morgan fingerprint density at radius 2 is 1.95 bits per heavy atom. The van der Waals surface area contributed by atoms with E-state index >= 15 is 0 Å². The molecule has 4 rings (SSSR count). The Bertz CT molecular complexity index is 874. The van der Waals surface area contributed by atoms with Crippen LogP contribution in [0.5, 0.6) is 0 Å². The predicted molar refractivity (Wildman–Crippen MR) is 87.7 cm³/mol. The lowest BCUT2D eigenvalue weighted by atomic mass is 9.88. The van der Waals surface area contributed by atoms with Crippen LogP contribution in [0.3, 0.4) is 0 Å². The molecule has 0 bridgehead atoms. The van der Waals surface area contributed by atoms with Crippen LogP contribution in [0, 0.1) is 0 Å². The predicted octanol–water partition coefficient (Wildman–Crippen LogP) is 4.21. The number of benzene rings is 1. The average molecular weight is 346 g/mol. The van der Waals surface area contributed by atoms with Crippen LogP contribution in [-0.2, 0) is 0 Å². The number of H-pyrrole nitrogens is 2. The molecule has 0 spiro atoms. The van der Waals surface area contributed by atoms with Crippen LogP contribution in [0.15, 0.2) is 27.5 Å². The van der Waals surface area contributed by atoms with E-state index in [4.69, 9.17) is 4.98 Å². The molecule has 4 nitrogen and oxygen atoms in total. The second-order valence-electron chi connectivity index (χ2n) is 5.82. The number of aromatic amines is 2. The molecular formula is C16H16BrN3O. The Balaban J connectivity index is 1.95. The van der Waals surface area contributed by atoms with E-state index in [-0.39, 0.29) is 5.56 Å². The van der Waals surface area contributed by atoms with Crippen LogP contribution in [0.2, 0.25) is 0 Å². The Morgan fingerprint density at radius 1 is 1.14 bits per heavy atom. The summed E-state index contributed by atoms with van der Waals surface area (Å²) in [4.78, 5) is 23.3. The van der Waals surface area contributed by atoms with E-state index in [1.807, 2.05) is 18.2 Å². The van der Waals surface area contributed by atoms with E-state index in [1.165, 1.54) is 19.3 Å². The molecule has 1 fully saturated rings. The third-order valence-electron chi connectivity index (χ3n) is 4.43. The number of hydrogen-bond acceptors (Lipinski definition) is 2. The van der Waals surface area contributed by atoms with Crippen molar-refractivity contribution in [3.05, 3.63) is 38.9 Å². The van der Waals surface area contributed by atoms with Crippen LogP contribution < -0.4 is 5.56 Å². The van der Waals surface area contributed by atoms with Crippen LogP contribution in [-0.4, -0.2) is 15.0 Å². The molecule has 0 radical (unpaired) electrons. The molecule has 2 aromatic heterocycles. The molecule has 1 aliphatic rings. The van der Waals surface area contributed by atoms with Crippen molar-refractivity contribution in [1.82, 2.24) is 15.0 Å². The lowest BCUT2D eigenvalue weighted by Gasteiger charge is -2.20. The zero-order chi connectivity index (χ0) is 14.4. The minimum Gasteiger partial charge on any atom is -0.349 e. The number of halogens is 1. The normalized spacial score (nSPS) is 16.8. The number of nitrogens with zero attached hydrogens (tertiary/aromatic N) is 1. The summed E-state index contributed by atoms with van der Waals surface area (Å²) >= 11 is 3.46. The molecule has 0 amide bonds. The second-order valence-corrected chi connectivity index (χ2v) is 6.74. The van der Waals surface area contributed by atoms with E-state index in [0.717, 1.165) is 39.6 Å². The lowest BCUT2D eigenvalue weighted by molar-refractivity contribution is 0.429. The van der Waals surface area contributed by atoms with Gasteiger partial charge in [0.2, 0.25) is 0 Å². The SMILES string of the molecule is O=c1[nH]c(C2CCCCC2)nc2c1[nH]c1cc(Br)ccc12. The maximum atomic E-state index is 12.4. The van der Waals surface area contributed by atoms with Crippen molar-refractivity contribution >= 4 is 37.9 Å². The summed E-state index contributed by atoms with van der Waals surface area (Å²) in [6.45, 7) is 0. The van der Waals surface area contributed by atoms with Gasteiger partial charge in [0, 0.05) is 21.3 Å². The van der Waals surface area contributed by atoms with Gasteiger partial charge in [-0.15, -0.1) is 0 Å². The fraction of sp³-hybridized carbons (Fsp3) is 0.375. The summed E-state index contributed by atoms with van der Waals surface area (Å²) in [6.07, 6.45) is 6.01. The van der Waals surface area contributed by atoms with Gasteiger partial charge in [-0.25, -0.2) is 4.98 Å². The first-order chi connectivity index (χ1) is 10.2. The van der Waals surface area contributed by atoms with Gasteiger partial charge in [-0.2, -0.15) is 0 Å². The van der Waals surface area contributed by atoms with Crippen molar-refractivity contribution in [1.29, 1.82) is 0 Å². The van der Waals surface area contributed by atoms with Gasteiger partial charge in [-0.3, -0.25) is 4.79 Å². The summed E-state index contributed by atoms with van der Waals surface area (Å²) in [6, 6.07) is 5.98. The van der Waals surface area contributed by atoms with Gasteiger partial charge < -0.3 is 9.97 Å². The minimum absolute atomic E-state index is 0.0621. The Morgan fingerprint density at radius 3 is 2.76 bits per heavy atom. The number of aromatic nitrogens is 3. The summed E-state index contributed by atoms with van der Waals surface area (Å²) in [7, 11) is 0. The molecule has 108 valence electrons. The molecule has 1 saturated carbocycles. The highest BCUT2D eigenvalue weighted by atomic mass is 79.9. The average Bonchev–Trinajstić information content (AvgIpc) is 2.86. The molecule has 0 saturated heterocycles. The molecule has 0 aliphatic heterocycles. The van der Waals surface area contributed by atoms with Gasteiger partial charge in [-0.05, 0) is 31.0 Å². The molecule has 1 aromatic carbocycles. The molecular weight excluding hydrogens is 330 g/mol. The van der Waals surface area contributed by atoms with Gasteiger partial charge in [0.05, 0.1) is 0 Å². The van der Waals surface area contributed by atoms with E-state index in [0.29, 0.717) is 11.4 Å². The lowest BCUT2D eigenvalue weighted by Crippen LogP contribution is -2.16. The van der Waals surface area contributed by atoms with Crippen molar-refractivity contribution in [2.45, 2.75) is 38.0 Å². The highest BCUT2D eigenvalue weighted by Gasteiger charge is 2.20. The van der Waals surface area contributed by atoms with Crippen molar-refractivity contribution in [3.8, 4) is 0 Å². The maximum absolute atomic E-state index is 12.4. The fourth-order valence-corrected chi connectivity index (χ4v) is 3.69. The third kappa shape index (κ3) is 2.20. The first-order valence-electron chi connectivity index (χ1n) is 7.43. The molecule has 2 N–H and O–H groups in total. The molecule has 0 unspecified atom stereocenters. The summed E-state index contributed by atoms with van der Waals surface area (Å²) < 4.78 is 0.991. The van der Waals surface area contributed by atoms with Crippen molar-refractivity contribution in [2.24, 2.45) is 0 Å².